The highest BCUT2D eigenvalue weighted by Crippen LogP contribution is 2.04. The summed E-state index contributed by atoms with van der Waals surface area (Å²) in [6, 6.07) is -5.11. The van der Waals surface area contributed by atoms with Gasteiger partial charge in [0.2, 0.25) is 29.5 Å². The van der Waals surface area contributed by atoms with Gasteiger partial charge in [-0.2, -0.15) is 24.4 Å². The first-order valence-corrected chi connectivity index (χ1v) is 11.5. The maximum Gasteiger partial charge on any atom is 0.327 e. The van der Waals surface area contributed by atoms with Crippen LogP contribution in [-0.4, -0.2) is 82.5 Å². The van der Waals surface area contributed by atoms with Gasteiger partial charge in [-0.15, -0.1) is 0 Å². The molecule has 0 radical (unpaired) electrons. The number of carboxylic acids is 1. The molecule has 32 heavy (non-hydrogen) atoms. The van der Waals surface area contributed by atoms with Crippen LogP contribution in [0.5, 0.6) is 0 Å². The molecular formula is C17H30N6O7S2. The van der Waals surface area contributed by atoms with Gasteiger partial charge in [-0.3, -0.25) is 24.0 Å². The monoisotopic (exact) mass is 494 g/mol. The van der Waals surface area contributed by atoms with Gasteiger partial charge in [0.05, 0.1) is 12.5 Å². The molecule has 0 aliphatic heterocycles. The fourth-order valence-corrected chi connectivity index (χ4v) is 3.09. The van der Waals surface area contributed by atoms with Crippen LogP contribution in [0.2, 0.25) is 0 Å². The second-order valence-electron chi connectivity index (χ2n) is 6.77. The number of rotatable bonds is 16. The standard InChI is InChI=1S/C17H30N6O7S2/c1-32-5-4-8(18)14(26)22-10(6-13(20)25)16(28)21-9(2-3-12(19)24)15(27)23-11(7-31)17(29)30/h8-11,31H,2-7,18H2,1H3,(H2,19,24)(H2,20,25)(H,21,28)(H,22,26)(H,23,27)(H,29,30). The lowest BCUT2D eigenvalue weighted by Gasteiger charge is -2.24. The molecule has 10 N–H and O–H groups in total. The summed E-state index contributed by atoms with van der Waals surface area (Å²) in [4.78, 5) is 71.0. The number of nitrogens with one attached hydrogen (secondary N) is 3. The molecule has 4 atom stereocenters. The highest BCUT2D eigenvalue weighted by molar-refractivity contribution is 7.98. The number of thiol groups is 1. The van der Waals surface area contributed by atoms with E-state index >= 15 is 0 Å². The molecule has 0 aromatic carbocycles. The zero-order valence-corrected chi connectivity index (χ0v) is 19.2. The summed E-state index contributed by atoms with van der Waals surface area (Å²) < 4.78 is 0. The first-order chi connectivity index (χ1) is 14.9. The molecule has 0 heterocycles. The molecule has 0 saturated heterocycles. The van der Waals surface area contributed by atoms with Crippen molar-refractivity contribution in [3.05, 3.63) is 0 Å². The highest BCUT2D eigenvalue weighted by Gasteiger charge is 2.31. The summed E-state index contributed by atoms with van der Waals surface area (Å²) in [6.07, 6.45) is 1.01. The Morgan fingerprint density at radius 3 is 1.88 bits per heavy atom. The maximum absolute atomic E-state index is 12.7. The summed E-state index contributed by atoms with van der Waals surface area (Å²) in [5.41, 5.74) is 16.0. The van der Waals surface area contributed by atoms with Crippen molar-refractivity contribution in [3.8, 4) is 0 Å². The van der Waals surface area contributed by atoms with Crippen LogP contribution >= 0.6 is 24.4 Å². The van der Waals surface area contributed by atoms with Gasteiger partial charge >= 0.3 is 5.97 Å². The van der Waals surface area contributed by atoms with E-state index in [9.17, 15) is 28.8 Å². The molecule has 4 unspecified atom stereocenters. The fourth-order valence-electron chi connectivity index (χ4n) is 2.35. The number of nitrogens with two attached hydrogens (primary N) is 3. The van der Waals surface area contributed by atoms with Gasteiger partial charge in [0, 0.05) is 12.2 Å². The van der Waals surface area contributed by atoms with Gasteiger partial charge < -0.3 is 38.3 Å². The van der Waals surface area contributed by atoms with Gasteiger partial charge in [-0.1, -0.05) is 0 Å². The van der Waals surface area contributed by atoms with Crippen molar-refractivity contribution in [2.24, 2.45) is 17.2 Å². The molecule has 0 spiro atoms. The van der Waals surface area contributed by atoms with E-state index in [0.717, 1.165) is 0 Å². The molecule has 15 heteroatoms. The van der Waals surface area contributed by atoms with Crippen LogP contribution in [0.1, 0.15) is 25.7 Å². The molecule has 0 fully saturated rings. The largest absolute Gasteiger partial charge is 0.480 e. The minimum absolute atomic E-state index is 0.230. The molecule has 0 aromatic rings. The average molecular weight is 495 g/mol. The van der Waals surface area contributed by atoms with Crippen LogP contribution in [0.4, 0.5) is 0 Å². The first kappa shape index (κ1) is 29.5. The second-order valence-corrected chi connectivity index (χ2v) is 8.12. The summed E-state index contributed by atoms with van der Waals surface area (Å²) in [5.74, 6) is -5.21. The van der Waals surface area contributed by atoms with Crippen LogP contribution in [0, 0.1) is 0 Å². The highest BCUT2D eigenvalue weighted by atomic mass is 32.2. The zero-order valence-electron chi connectivity index (χ0n) is 17.5. The van der Waals surface area contributed by atoms with Gasteiger partial charge in [0.25, 0.3) is 0 Å². The number of carboxylic acid groups (broad SMARTS) is 1. The van der Waals surface area contributed by atoms with Crippen LogP contribution < -0.4 is 33.2 Å². The number of aliphatic carboxylic acids is 1. The molecule has 182 valence electrons. The van der Waals surface area contributed by atoms with E-state index in [4.69, 9.17) is 22.3 Å². The topological polar surface area (TPSA) is 237 Å². The SMILES string of the molecule is CSCCC(N)C(=O)NC(CC(N)=O)C(=O)NC(CCC(N)=O)C(=O)NC(CS)C(=O)O. The number of hydrogen-bond acceptors (Lipinski definition) is 9. The number of carbonyl (C=O) groups is 6. The van der Waals surface area contributed by atoms with E-state index in [1.807, 2.05) is 6.26 Å². The smallest absolute Gasteiger partial charge is 0.327 e. The molecule has 0 rings (SSSR count). The van der Waals surface area contributed by atoms with Crippen molar-refractivity contribution in [1.82, 2.24) is 16.0 Å². The van der Waals surface area contributed by atoms with E-state index in [2.05, 4.69) is 28.6 Å². The Morgan fingerprint density at radius 2 is 1.41 bits per heavy atom. The number of hydrogen-bond donors (Lipinski definition) is 8. The molecule has 0 aliphatic rings. The quantitative estimate of drug-likeness (QED) is 0.1000. The summed E-state index contributed by atoms with van der Waals surface area (Å²) in [7, 11) is 0. The lowest BCUT2D eigenvalue weighted by atomic mass is 10.1. The first-order valence-electron chi connectivity index (χ1n) is 9.48. The second kappa shape index (κ2) is 15.3. The Bertz CT molecular complexity index is 709. The van der Waals surface area contributed by atoms with Crippen molar-refractivity contribution >= 4 is 59.9 Å². The number of amides is 5. The third-order valence-electron chi connectivity index (χ3n) is 4.12. The number of primary amides is 2. The van der Waals surface area contributed by atoms with Crippen molar-refractivity contribution in [3.63, 3.8) is 0 Å². The Balaban J connectivity index is 5.45. The normalized spacial score (nSPS) is 14.3. The molecule has 0 aliphatic carbocycles. The van der Waals surface area contributed by atoms with Crippen LogP contribution in [0.25, 0.3) is 0 Å². The minimum Gasteiger partial charge on any atom is -0.480 e. The predicted octanol–water partition coefficient (Wildman–Crippen LogP) is -3.32. The predicted molar refractivity (Wildman–Crippen MR) is 120 cm³/mol. The minimum atomic E-state index is -1.44. The number of carbonyl (C=O) groups excluding carboxylic acids is 5. The Hall–Kier alpha value is -2.52. The maximum atomic E-state index is 12.7. The summed E-state index contributed by atoms with van der Waals surface area (Å²) >= 11 is 5.30. The van der Waals surface area contributed by atoms with Crippen molar-refractivity contribution in [2.75, 3.05) is 17.8 Å². The van der Waals surface area contributed by atoms with Crippen LogP contribution in [-0.2, 0) is 28.8 Å². The van der Waals surface area contributed by atoms with Gasteiger partial charge in [0.15, 0.2) is 0 Å². The van der Waals surface area contributed by atoms with E-state index in [1.54, 1.807) is 0 Å². The van der Waals surface area contributed by atoms with Crippen LogP contribution in [0.15, 0.2) is 0 Å². The van der Waals surface area contributed by atoms with Crippen molar-refractivity contribution in [2.45, 2.75) is 49.9 Å². The lowest BCUT2D eigenvalue weighted by molar-refractivity contribution is -0.142. The summed E-state index contributed by atoms with van der Waals surface area (Å²) in [6.45, 7) is 0. The third kappa shape index (κ3) is 11.8. The molecule has 0 aromatic heterocycles. The van der Waals surface area contributed by atoms with E-state index < -0.39 is 66.1 Å². The zero-order chi connectivity index (χ0) is 24.8. The Morgan fingerprint density at radius 1 is 0.875 bits per heavy atom. The van der Waals surface area contributed by atoms with Gasteiger partial charge in [-0.25, -0.2) is 4.79 Å². The van der Waals surface area contributed by atoms with E-state index in [0.29, 0.717) is 12.2 Å². The van der Waals surface area contributed by atoms with E-state index in [1.165, 1.54) is 11.8 Å². The average Bonchev–Trinajstić information content (AvgIpc) is 2.71. The Kier molecular flexibility index (Phi) is 14.1. The van der Waals surface area contributed by atoms with Gasteiger partial charge in [0.1, 0.15) is 18.1 Å². The Labute approximate surface area is 194 Å². The third-order valence-corrected chi connectivity index (χ3v) is 5.13. The summed E-state index contributed by atoms with van der Waals surface area (Å²) in [5, 5.41) is 15.9. The lowest BCUT2D eigenvalue weighted by Crippen LogP contribution is -2.58. The molecule has 13 nitrogen and oxygen atoms in total. The molecule has 5 amide bonds. The molecular weight excluding hydrogens is 464 g/mol. The van der Waals surface area contributed by atoms with Crippen molar-refractivity contribution in [1.29, 1.82) is 0 Å². The van der Waals surface area contributed by atoms with Crippen LogP contribution in [0.3, 0.4) is 0 Å². The van der Waals surface area contributed by atoms with E-state index in [-0.39, 0.29) is 18.6 Å². The molecule has 0 bridgehead atoms. The number of thioether (sulfide) groups is 1. The van der Waals surface area contributed by atoms with Crippen molar-refractivity contribution < 1.29 is 33.9 Å². The van der Waals surface area contributed by atoms with Gasteiger partial charge in [-0.05, 0) is 24.9 Å². The molecule has 0 saturated carbocycles. The fraction of sp³-hybridized carbons (Fsp3) is 0.647.